The molecule has 1 aliphatic rings. The van der Waals surface area contributed by atoms with Gasteiger partial charge in [0.15, 0.2) is 0 Å². The highest BCUT2D eigenvalue weighted by molar-refractivity contribution is 5.81. The van der Waals surface area contributed by atoms with Gasteiger partial charge in [-0.2, -0.15) is 0 Å². The number of benzene rings is 1. The van der Waals surface area contributed by atoms with E-state index < -0.39 is 29.1 Å². The molecule has 140 valence electrons. The fourth-order valence-electron chi connectivity index (χ4n) is 3.20. The molecule has 0 fully saturated rings. The van der Waals surface area contributed by atoms with Gasteiger partial charge in [-0.15, -0.1) is 0 Å². The van der Waals surface area contributed by atoms with Crippen molar-refractivity contribution in [1.82, 2.24) is 9.97 Å². The molecule has 8 heteroatoms. The van der Waals surface area contributed by atoms with E-state index >= 15 is 0 Å². The number of carbonyl (C=O) groups excluding carboxylic acids is 1. The molecule has 0 aliphatic carbocycles. The number of anilines is 1. The number of nitrogens with one attached hydrogen (secondary N) is 3. The van der Waals surface area contributed by atoms with Crippen molar-refractivity contribution in [2.45, 2.75) is 5.92 Å². The number of H-pyrrole nitrogens is 2. The van der Waals surface area contributed by atoms with Crippen molar-refractivity contribution in [2.75, 3.05) is 19.0 Å². The van der Waals surface area contributed by atoms with Crippen molar-refractivity contribution in [1.29, 1.82) is 0 Å². The summed E-state index contributed by atoms with van der Waals surface area (Å²) in [5.74, 6) is -1.39. The van der Waals surface area contributed by atoms with Gasteiger partial charge in [0.05, 0.1) is 12.7 Å². The third-order valence-corrected chi connectivity index (χ3v) is 4.34. The van der Waals surface area contributed by atoms with Crippen molar-refractivity contribution in [3.05, 3.63) is 81.2 Å². The summed E-state index contributed by atoms with van der Waals surface area (Å²) in [6.45, 7) is 7.46. The molecule has 2 atom stereocenters. The third kappa shape index (κ3) is 3.41. The molecule has 1 aliphatic heterocycles. The van der Waals surface area contributed by atoms with E-state index in [1.54, 1.807) is 24.3 Å². The number of methoxy groups -OCH3 is 1. The van der Waals surface area contributed by atoms with Crippen molar-refractivity contribution < 1.29 is 14.3 Å². The van der Waals surface area contributed by atoms with E-state index in [4.69, 9.17) is 9.47 Å². The van der Waals surface area contributed by atoms with E-state index in [2.05, 4.69) is 28.4 Å². The molecule has 27 heavy (non-hydrogen) atoms. The number of rotatable bonds is 5. The highest BCUT2D eigenvalue weighted by atomic mass is 16.5. The summed E-state index contributed by atoms with van der Waals surface area (Å²) in [6, 6.07) is 7.01. The van der Waals surface area contributed by atoms with E-state index in [1.165, 1.54) is 13.2 Å². The molecule has 0 saturated heterocycles. The summed E-state index contributed by atoms with van der Waals surface area (Å²) in [7, 11) is 1.52. The maximum atomic E-state index is 12.7. The van der Waals surface area contributed by atoms with Crippen LogP contribution in [0.2, 0.25) is 0 Å². The lowest BCUT2D eigenvalue weighted by Crippen LogP contribution is -2.40. The van der Waals surface area contributed by atoms with Crippen molar-refractivity contribution >= 4 is 11.8 Å². The van der Waals surface area contributed by atoms with Gasteiger partial charge in [-0.1, -0.05) is 31.4 Å². The quantitative estimate of drug-likeness (QED) is 0.544. The van der Waals surface area contributed by atoms with Crippen LogP contribution in [-0.4, -0.2) is 29.7 Å². The average molecular weight is 369 g/mol. The first kappa shape index (κ1) is 18.2. The number of aromatic nitrogens is 2. The van der Waals surface area contributed by atoms with Crippen molar-refractivity contribution in [2.24, 2.45) is 5.92 Å². The lowest BCUT2D eigenvalue weighted by molar-refractivity contribution is -0.146. The molecule has 8 nitrogen and oxygen atoms in total. The van der Waals surface area contributed by atoms with E-state index in [0.717, 1.165) is 0 Å². The number of fused-ring (bicyclic) bond motifs is 1. The smallest absolute Gasteiger partial charge is 0.327 e. The van der Waals surface area contributed by atoms with Crippen LogP contribution in [0.5, 0.6) is 5.75 Å². The van der Waals surface area contributed by atoms with Crippen LogP contribution in [0.1, 0.15) is 17.0 Å². The Morgan fingerprint density at radius 3 is 2.78 bits per heavy atom. The fourth-order valence-corrected chi connectivity index (χ4v) is 3.20. The normalized spacial score (nSPS) is 18.2. The van der Waals surface area contributed by atoms with Gasteiger partial charge in [0.25, 0.3) is 5.56 Å². The van der Waals surface area contributed by atoms with Crippen molar-refractivity contribution in [3.8, 4) is 5.75 Å². The minimum atomic E-state index is -0.878. The van der Waals surface area contributed by atoms with Gasteiger partial charge in [0.2, 0.25) is 0 Å². The second kappa shape index (κ2) is 7.36. The minimum absolute atomic E-state index is 0.0300. The first-order valence-corrected chi connectivity index (χ1v) is 8.20. The number of carbonyl (C=O) groups is 1. The molecule has 1 aromatic heterocycles. The number of ether oxygens (including phenoxy) is 2. The summed E-state index contributed by atoms with van der Waals surface area (Å²) in [4.78, 5) is 41.7. The Balaban J connectivity index is 2.22. The van der Waals surface area contributed by atoms with Gasteiger partial charge in [0.1, 0.15) is 24.1 Å². The summed E-state index contributed by atoms with van der Waals surface area (Å²) < 4.78 is 10.5. The SMILES string of the molecule is C=CCOC(=O)[C@@H]1C(=C)Nc2[nH]c(=O)[nH]c(=O)c2[C@H]1c1cccc(OC)c1. The largest absolute Gasteiger partial charge is 0.497 e. The average Bonchev–Trinajstić information content (AvgIpc) is 2.64. The fraction of sp³-hybridized carbons (Fsp3) is 0.211. The van der Waals surface area contributed by atoms with Crippen LogP contribution in [-0.2, 0) is 9.53 Å². The predicted octanol–water partition coefficient (Wildman–Crippen LogP) is 1.49. The second-order valence-corrected chi connectivity index (χ2v) is 6.00. The van der Waals surface area contributed by atoms with Crippen LogP contribution in [0.3, 0.4) is 0 Å². The van der Waals surface area contributed by atoms with Gasteiger partial charge in [0, 0.05) is 11.6 Å². The molecule has 0 spiro atoms. The third-order valence-electron chi connectivity index (χ3n) is 4.34. The number of hydrogen-bond donors (Lipinski definition) is 3. The van der Waals surface area contributed by atoms with Crippen LogP contribution in [0.15, 0.2) is 58.8 Å². The standard InChI is InChI=1S/C19H19N3O5/c1-4-8-27-18(24)13-10(2)20-16-15(17(23)22-19(25)21-16)14(13)11-6-5-7-12(9-11)26-3/h4-7,9,13-14H,1-2,8H2,3H3,(H3,20,21,22,23,25)/t13-,14+/m1/s1. The molecule has 3 rings (SSSR count). The molecule has 2 aromatic rings. The molecular weight excluding hydrogens is 350 g/mol. The molecule has 2 heterocycles. The number of hydrogen-bond acceptors (Lipinski definition) is 6. The lowest BCUT2D eigenvalue weighted by atomic mass is 9.77. The zero-order valence-electron chi connectivity index (χ0n) is 14.7. The minimum Gasteiger partial charge on any atom is -0.497 e. The summed E-state index contributed by atoms with van der Waals surface area (Å²) in [5.41, 5.74) is -0.0722. The monoisotopic (exact) mass is 369 g/mol. The van der Waals surface area contributed by atoms with Gasteiger partial charge >= 0.3 is 11.7 Å². The number of esters is 1. The van der Waals surface area contributed by atoms with Crippen LogP contribution in [0.4, 0.5) is 5.82 Å². The van der Waals surface area contributed by atoms with Gasteiger partial charge in [-0.25, -0.2) is 4.79 Å². The van der Waals surface area contributed by atoms with Crippen LogP contribution in [0, 0.1) is 5.92 Å². The Hall–Kier alpha value is -3.55. The van der Waals surface area contributed by atoms with Gasteiger partial charge in [-0.3, -0.25) is 19.6 Å². The maximum absolute atomic E-state index is 12.7. The first-order valence-electron chi connectivity index (χ1n) is 8.20. The Morgan fingerprint density at radius 2 is 2.07 bits per heavy atom. The molecule has 0 bridgehead atoms. The first-order chi connectivity index (χ1) is 13.0. The molecular formula is C19H19N3O5. The van der Waals surface area contributed by atoms with E-state index in [-0.39, 0.29) is 18.0 Å². The summed E-state index contributed by atoms with van der Waals surface area (Å²) in [6.07, 6.45) is 1.45. The summed E-state index contributed by atoms with van der Waals surface area (Å²) >= 11 is 0. The molecule has 0 unspecified atom stereocenters. The lowest BCUT2D eigenvalue weighted by Gasteiger charge is -2.33. The molecule has 3 N–H and O–H groups in total. The highest BCUT2D eigenvalue weighted by Gasteiger charge is 2.41. The Kier molecular flexibility index (Phi) is 4.98. The maximum Gasteiger partial charge on any atom is 0.327 e. The van der Waals surface area contributed by atoms with Crippen LogP contribution in [0.25, 0.3) is 0 Å². The highest BCUT2D eigenvalue weighted by Crippen LogP contribution is 2.42. The van der Waals surface area contributed by atoms with Crippen LogP contribution < -0.4 is 21.3 Å². The number of aromatic amines is 2. The Bertz CT molecular complexity index is 1020. The summed E-state index contributed by atoms with van der Waals surface area (Å²) in [5, 5.41) is 2.85. The van der Waals surface area contributed by atoms with Gasteiger partial charge in [-0.05, 0) is 17.7 Å². The van der Waals surface area contributed by atoms with E-state index in [0.29, 0.717) is 17.0 Å². The second-order valence-electron chi connectivity index (χ2n) is 6.00. The zero-order chi connectivity index (χ0) is 19.6. The zero-order valence-corrected chi connectivity index (χ0v) is 14.7. The van der Waals surface area contributed by atoms with Gasteiger partial charge < -0.3 is 14.8 Å². The topological polar surface area (TPSA) is 113 Å². The Morgan fingerprint density at radius 1 is 1.30 bits per heavy atom. The molecule has 1 aromatic carbocycles. The van der Waals surface area contributed by atoms with Crippen molar-refractivity contribution in [3.63, 3.8) is 0 Å². The predicted molar refractivity (Wildman–Crippen MR) is 99.9 cm³/mol. The van der Waals surface area contributed by atoms with Crippen LogP contribution >= 0.6 is 0 Å². The van der Waals surface area contributed by atoms with E-state index in [1.807, 2.05) is 0 Å². The molecule has 0 saturated carbocycles. The molecule has 0 radical (unpaired) electrons. The van der Waals surface area contributed by atoms with E-state index in [9.17, 15) is 14.4 Å². The Labute approximate surface area is 154 Å². The molecule has 0 amide bonds.